The van der Waals surface area contributed by atoms with Crippen LogP contribution in [0, 0.1) is 5.92 Å². The Morgan fingerprint density at radius 1 is 1.10 bits per heavy atom. The number of unbranched alkanes of at least 4 members (excludes halogenated alkanes) is 1. The van der Waals surface area contributed by atoms with Crippen LogP contribution in [0.1, 0.15) is 31.4 Å². The normalized spacial score (nSPS) is 18.2. The third-order valence-electron chi connectivity index (χ3n) is 4.92. The molecule has 1 saturated heterocycles. The Morgan fingerprint density at radius 2 is 1.77 bits per heavy atom. The Kier molecular flexibility index (Phi) is 6.95. The first-order valence-corrected chi connectivity index (χ1v) is 9.95. The van der Waals surface area contributed by atoms with Crippen molar-refractivity contribution in [2.75, 3.05) is 19.0 Å². The summed E-state index contributed by atoms with van der Waals surface area (Å²) in [6.45, 7) is 6.67. The van der Waals surface area contributed by atoms with Gasteiger partial charge in [-0.2, -0.15) is 0 Å². The predicted molar refractivity (Wildman–Crippen MR) is 116 cm³/mol. The van der Waals surface area contributed by atoms with Crippen LogP contribution in [0.4, 0.5) is 10.5 Å². The Bertz CT molecular complexity index is 894. The molecule has 0 unspecified atom stereocenters. The van der Waals surface area contributed by atoms with Crippen LogP contribution < -0.4 is 25.4 Å². The van der Waals surface area contributed by atoms with Crippen molar-refractivity contribution in [3.8, 4) is 11.5 Å². The minimum atomic E-state index is -0.684. The summed E-state index contributed by atoms with van der Waals surface area (Å²) in [5, 5.41) is 8.33. The fourth-order valence-electron chi connectivity index (χ4n) is 3.27. The van der Waals surface area contributed by atoms with Crippen molar-refractivity contribution in [3.05, 3.63) is 66.4 Å². The van der Waals surface area contributed by atoms with Gasteiger partial charge >= 0.3 is 6.03 Å². The number of benzene rings is 2. The van der Waals surface area contributed by atoms with E-state index in [4.69, 9.17) is 9.47 Å². The zero-order valence-corrected chi connectivity index (χ0v) is 17.2. The summed E-state index contributed by atoms with van der Waals surface area (Å²) in [5.74, 6) is 0.497. The molecule has 1 fully saturated rings. The first-order chi connectivity index (χ1) is 14.5. The van der Waals surface area contributed by atoms with Crippen LogP contribution in [0.2, 0.25) is 0 Å². The maximum atomic E-state index is 13.0. The summed E-state index contributed by atoms with van der Waals surface area (Å²) in [4.78, 5) is 25.1. The number of hydrogen-bond donors (Lipinski definition) is 3. The van der Waals surface area contributed by atoms with Crippen molar-refractivity contribution >= 4 is 17.6 Å². The van der Waals surface area contributed by atoms with Gasteiger partial charge in [-0.3, -0.25) is 4.79 Å². The van der Waals surface area contributed by atoms with E-state index < -0.39 is 12.0 Å². The minimum Gasteiger partial charge on any atom is -0.497 e. The fourth-order valence-corrected chi connectivity index (χ4v) is 3.27. The molecule has 0 aliphatic carbocycles. The number of nitrogens with one attached hydrogen (secondary N) is 3. The van der Waals surface area contributed by atoms with Gasteiger partial charge in [0.25, 0.3) is 0 Å². The van der Waals surface area contributed by atoms with Gasteiger partial charge in [-0.25, -0.2) is 4.79 Å². The van der Waals surface area contributed by atoms with Gasteiger partial charge in [-0.05, 0) is 48.4 Å². The van der Waals surface area contributed by atoms with E-state index in [1.54, 1.807) is 31.4 Å². The van der Waals surface area contributed by atoms with E-state index in [0.29, 0.717) is 23.7 Å². The SMILES string of the molecule is C=C1NC(=O)N[C@@H](c2ccc(OCCCC)cc2)[C@@H]1C(=O)Nc1ccc(OC)cc1. The van der Waals surface area contributed by atoms with E-state index >= 15 is 0 Å². The number of anilines is 1. The largest absolute Gasteiger partial charge is 0.497 e. The van der Waals surface area contributed by atoms with Crippen LogP contribution in [0.5, 0.6) is 11.5 Å². The number of urea groups is 1. The monoisotopic (exact) mass is 409 g/mol. The van der Waals surface area contributed by atoms with E-state index in [1.807, 2.05) is 24.3 Å². The molecule has 3 amide bonds. The number of amides is 3. The molecule has 30 heavy (non-hydrogen) atoms. The van der Waals surface area contributed by atoms with E-state index in [2.05, 4.69) is 29.5 Å². The van der Waals surface area contributed by atoms with Gasteiger partial charge < -0.3 is 25.4 Å². The minimum absolute atomic E-state index is 0.272. The Labute approximate surface area is 176 Å². The first-order valence-electron chi connectivity index (χ1n) is 9.95. The Hall–Kier alpha value is -3.48. The number of rotatable bonds is 8. The summed E-state index contributed by atoms with van der Waals surface area (Å²) in [5.41, 5.74) is 1.77. The molecular formula is C23H27N3O4. The van der Waals surface area contributed by atoms with Crippen molar-refractivity contribution < 1.29 is 19.1 Å². The molecule has 2 atom stereocenters. The lowest BCUT2D eigenvalue weighted by atomic mass is 9.88. The Morgan fingerprint density at radius 3 is 2.40 bits per heavy atom. The molecule has 3 rings (SSSR count). The van der Waals surface area contributed by atoms with E-state index in [-0.39, 0.29) is 11.9 Å². The molecule has 3 N–H and O–H groups in total. The third-order valence-corrected chi connectivity index (χ3v) is 4.92. The first kappa shape index (κ1) is 21.2. The molecule has 2 aromatic carbocycles. The molecular weight excluding hydrogens is 382 g/mol. The molecule has 0 aromatic heterocycles. The highest BCUT2D eigenvalue weighted by atomic mass is 16.5. The third kappa shape index (κ3) is 5.11. The maximum Gasteiger partial charge on any atom is 0.319 e. The van der Waals surface area contributed by atoms with Crippen molar-refractivity contribution in [2.24, 2.45) is 5.92 Å². The zero-order chi connectivity index (χ0) is 21.5. The molecule has 0 saturated carbocycles. The highest BCUT2D eigenvalue weighted by Gasteiger charge is 2.37. The van der Waals surface area contributed by atoms with E-state index in [9.17, 15) is 9.59 Å². The number of methoxy groups -OCH3 is 1. The summed E-state index contributed by atoms with van der Waals surface area (Å²) in [6.07, 6.45) is 2.05. The van der Waals surface area contributed by atoms with Gasteiger partial charge in [0.2, 0.25) is 5.91 Å². The summed E-state index contributed by atoms with van der Waals surface area (Å²) in [7, 11) is 1.58. The Balaban J connectivity index is 1.77. The zero-order valence-electron chi connectivity index (χ0n) is 17.2. The molecule has 1 aliphatic rings. The molecule has 0 bridgehead atoms. The van der Waals surface area contributed by atoms with Gasteiger partial charge in [0.15, 0.2) is 0 Å². The number of hydrogen-bond acceptors (Lipinski definition) is 4. The molecule has 7 heteroatoms. The van der Waals surface area contributed by atoms with Gasteiger partial charge in [0.05, 0.1) is 19.8 Å². The molecule has 0 spiro atoms. The van der Waals surface area contributed by atoms with E-state index in [0.717, 1.165) is 24.2 Å². The second kappa shape index (κ2) is 9.82. The number of carbonyl (C=O) groups excluding carboxylic acids is 2. The lowest BCUT2D eigenvalue weighted by molar-refractivity contribution is -0.119. The number of carbonyl (C=O) groups is 2. The topological polar surface area (TPSA) is 88.7 Å². The van der Waals surface area contributed by atoms with Crippen LogP contribution in [0.15, 0.2) is 60.8 Å². The van der Waals surface area contributed by atoms with Gasteiger partial charge in [0.1, 0.15) is 17.4 Å². The maximum absolute atomic E-state index is 13.0. The molecule has 1 aliphatic heterocycles. The average molecular weight is 409 g/mol. The molecule has 7 nitrogen and oxygen atoms in total. The van der Waals surface area contributed by atoms with Gasteiger partial charge in [-0.1, -0.05) is 32.1 Å². The summed E-state index contributed by atoms with van der Waals surface area (Å²) >= 11 is 0. The fraction of sp³-hybridized carbons (Fsp3) is 0.304. The van der Waals surface area contributed by atoms with E-state index in [1.165, 1.54) is 0 Å². The molecule has 1 heterocycles. The van der Waals surface area contributed by atoms with Crippen LogP contribution >= 0.6 is 0 Å². The van der Waals surface area contributed by atoms with Crippen molar-refractivity contribution in [2.45, 2.75) is 25.8 Å². The highest BCUT2D eigenvalue weighted by molar-refractivity contribution is 5.97. The van der Waals surface area contributed by atoms with Crippen molar-refractivity contribution in [3.63, 3.8) is 0 Å². The number of ether oxygens (including phenoxy) is 2. The molecule has 2 aromatic rings. The lowest BCUT2D eigenvalue weighted by Crippen LogP contribution is -2.51. The van der Waals surface area contributed by atoms with Gasteiger partial charge in [0, 0.05) is 11.4 Å². The quantitative estimate of drug-likeness (QED) is 0.575. The predicted octanol–water partition coefficient (Wildman–Crippen LogP) is 4.00. The van der Waals surface area contributed by atoms with Gasteiger partial charge in [-0.15, -0.1) is 0 Å². The van der Waals surface area contributed by atoms with Crippen LogP contribution in [0.25, 0.3) is 0 Å². The van der Waals surface area contributed by atoms with Crippen LogP contribution in [-0.4, -0.2) is 25.7 Å². The van der Waals surface area contributed by atoms with Crippen molar-refractivity contribution in [1.82, 2.24) is 10.6 Å². The van der Waals surface area contributed by atoms with Crippen LogP contribution in [-0.2, 0) is 4.79 Å². The lowest BCUT2D eigenvalue weighted by Gasteiger charge is -2.34. The molecule has 0 radical (unpaired) electrons. The second-order valence-electron chi connectivity index (χ2n) is 7.07. The average Bonchev–Trinajstić information content (AvgIpc) is 2.74. The summed E-state index contributed by atoms with van der Waals surface area (Å²) in [6, 6.07) is 13.5. The van der Waals surface area contributed by atoms with Crippen LogP contribution in [0.3, 0.4) is 0 Å². The highest BCUT2D eigenvalue weighted by Crippen LogP contribution is 2.31. The second-order valence-corrected chi connectivity index (χ2v) is 7.07. The smallest absolute Gasteiger partial charge is 0.319 e. The van der Waals surface area contributed by atoms with Crippen molar-refractivity contribution in [1.29, 1.82) is 0 Å². The standard InChI is InChI=1S/C23H27N3O4/c1-4-5-14-30-19-10-6-16(7-11-19)21-20(15(2)24-23(28)26-21)22(27)25-17-8-12-18(29-3)13-9-17/h6-13,20-21H,2,4-5,14H2,1,3H3,(H,25,27)(H2,24,26,28)/t20-,21+/m1/s1. The molecule has 158 valence electrons. The summed E-state index contributed by atoms with van der Waals surface area (Å²) < 4.78 is 10.8.